The second-order valence-electron chi connectivity index (χ2n) is 40.7. The first-order valence-electron chi connectivity index (χ1n) is 42.7. The molecule has 6 aliphatic rings. The molecule has 2 N–H and O–H groups in total. The lowest BCUT2D eigenvalue weighted by Gasteiger charge is -2.50. The van der Waals surface area contributed by atoms with E-state index in [1.54, 1.807) is 11.1 Å². The van der Waals surface area contributed by atoms with Gasteiger partial charge in [0.1, 0.15) is 11.2 Å². The normalized spacial score (nSPS) is 22.1. The monoisotopic (exact) mass is 1660 g/mol. The van der Waals surface area contributed by atoms with E-state index in [2.05, 4.69) is 313 Å². The molecule has 0 amide bonds. The second kappa shape index (κ2) is 28.4. The lowest BCUT2D eigenvalue weighted by atomic mass is 9.61. The van der Waals surface area contributed by atoms with Crippen LogP contribution in [0.3, 0.4) is 0 Å². The Kier molecular flexibility index (Phi) is 19.6. The molecule has 0 saturated heterocycles. The van der Waals surface area contributed by atoms with Crippen molar-refractivity contribution in [2.75, 3.05) is 20.4 Å². The fourth-order valence-electron chi connectivity index (χ4n) is 21.4. The number of thiophene rings is 2. The number of furan rings is 2. The van der Waals surface area contributed by atoms with Crippen LogP contribution in [0.25, 0.3) is 64.0 Å². The van der Waals surface area contributed by atoms with Crippen LogP contribution >= 0.6 is 50.2 Å². The number of benzene rings is 10. The van der Waals surface area contributed by atoms with Crippen molar-refractivity contribution in [2.24, 2.45) is 0 Å². The summed E-state index contributed by atoms with van der Waals surface area (Å²) in [5.74, 6) is 0. The number of nitrogen functional groups attached to an aromatic ring is 1. The Labute approximate surface area is 711 Å². The van der Waals surface area contributed by atoms with Crippen molar-refractivity contribution in [3.8, 4) is 0 Å². The van der Waals surface area contributed by atoms with Gasteiger partial charge in [0.05, 0.1) is 28.1 Å². The molecule has 0 spiro atoms. The van der Waals surface area contributed by atoms with E-state index >= 15 is 0 Å². The average Bonchev–Trinajstić information content (AvgIpc) is 1.53. The Morgan fingerprint density at radius 3 is 1.35 bits per heavy atom. The molecule has 6 nitrogen and oxygen atoms in total. The molecule has 0 bridgehead atoms. The summed E-state index contributed by atoms with van der Waals surface area (Å²) in [5.41, 5.74) is 34.6. The van der Waals surface area contributed by atoms with Gasteiger partial charge >= 0.3 is 0 Å². The van der Waals surface area contributed by atoms with Crippen molar-refractivity contribution in [1.29, 1.82) is 0 Å². The van der Waals surface area contributed by atoms with Crippen LogP contribution in [0.2, 0.25) is 5.02 Å². The van der Waals surface area contributed by atoms with Gasteiger partial charge in [0.25, 0.3) is 0 Å². The van der Waals surface area contributed by atoms with Gasteiger partial charge in [-0.05, 0) is 280 Å². The highest BCUT2D eigenvalue weighted by atomic mass is 79.9. The van der Waals surface area contributed by atoms with E-state index in [4.69, 9.17) is 26.2 Å². The maximum Gasteiger partial charge on any atom is 0.159 e. The Hall–Kier alpha value is -8.31. The number of anilines is 8. The molecule has 116 heavy (non-hydrogen) atoms. The predicted octanol–water partition coefficient (Wildman–Crippen LogP) is 32.8. The smallest absolute Gasteiger partial charge is 0.159 e. The molecule has 2 saturated carbocycles. The highest BCUT2D eigenvalue weighted by molar-refractivity contribution is 9.10. The Morgan fingerprint density at radius 2 is 0.836 bits per heavy atom. The molecule has 4 aliphatic carbocycles. The van der Waals surface area contributed by atoms with Crippen LogP contribution in [-0.4, -0.2) is 11.1 Å². The molecule has 10 heteroatoms. The molecule has 4 aromatic heterocycles. The summed E-state index contributed by atoms with van der Waals surface area (Å²) in [6.45, 7) is 47.7. The average molecular weight is 1660 g/mol. The van der Waals surface area contributed by atoms with Crippen LogP contribution < -0.4 is 20.4 Å². The van der Waals surface area contributed by atoms with Gasteiger partial charge in [0.15, 0.2) is 11.2 Å². The number of fused-ring (bicyclic) bond motifs is 16. The molecule has 20 rings (SSSR count). The van der Waals surface area contributed by atoms with Crippen LogP contribution in [0.15, 0.2) is 206 Å². The number of halogens is 2. The number of rotatable bonds is 5. The maximum absolute atomic E-state index is 6.84. The molecule has 4 atom stereocenters. The number of hydrogen-bond acceptors (Lipinski definition) is 8. The van der Waals surface area contributed by atoms with Crippen LogP contribution in [0, 0.1) is 13.8 Å². The van der Waals surface area contributed by atoms with Gasteiger partial charge < -0.3 is 29.3 Å². The summed E-state index contributed by atoms with van der Waals surface area (Å²) in [6.07, 6.45) is 14.9. The summed E-state index contributed by atoms with van der Waals surface area (Å²) in [5, 5.41) is 12.6. The fraction of sp³-hybridized carbons (Fsp3) is 0.396. The Bertz CT molecular complexity index is 6210. The largest absolute Gasteiger partial charge is 0.454 e. The molecule has 600 valence electrons. The molecule has 0 radical (unpaired) electrons. The first kappa shape index (κ1) is 80.1. The highest BCUT2D eigenvalue weighted by Gasteiger charge is 2.60. The Balaban J connectivity index is 0.000000133. The third-order valence-corrected chi connectivity index (χ3v) is 32.2. The van der Waals surface area contributed by atoms with Crippen molar-refractivity contribution in [3.05, 3.63) is 258 Å². The zero-order valence-corrected chi connectivity index (χ0v) is 76.2. The minimum absolute atomic E-state index is 0.0501. The fourth-order valence-corrected chi connectivity index (χ4v) is 24.3. The zero-order chi connectivity index (χ0) is 82.1. The van der Waals surface area contributed by atoms with E-state index in [0.717, 1.165) is 60.3 Å². The zero-order valence-electron chi connectivity index (χ0n) is 72.3. The van der Waals surface area contributed by atoms with Gasteiger partial charge in [0, 0.05) is 101 Å². The lowest BCUT2D eigenvalue weighted by molar-refractivity contribution is 0.194. The van der Waals surface area contributed by atoms with Crippen molar-refractivity contribution in [3.63, 3.8) is 0 Å². The summed E-state index contributed by atoms with van der Waals surface area (Å²) in [4.78, 5) is 7.87. The van der Waals surface area contributed by atoms with E-state index in [0.29, 0.717) is 16.5 Å². The molecule has 14 aromatic rings. The topological polar surface area (TPSA) is 62.0 Å². The van der Waals surface area contributed by atoms with Crippen molar-refractivity contribution >= 4 is 160 Å². The molecule has 2 fully saturated rings. The number of aryl methyl sites for hydroxylation is 2. The first-order valence-corrected chi connectivity index (χ1v) is 45.6. The molecule has 10 aromatic carbocycles. The van der Waals surface area contributed by atoms with Crippen LogP contribution in [0.5, 0.6) is 0 Å². The van der Waals surface area contributed by atoms with Crippen LogP contribution in [0.4, 0.5) is 45.5 Å². The van der Waals surface area contributed by atoms with Gasteiger partial charge in [-0.3, -0.25) is 0 Å². The van der Waals surface area contributed by atoms with E-state index in [1.807, 2.05) is 71.2 Å². The minimum Gasteiger partial charge on any atom is -0.454 e. The van der Waals surface area contributed by atoms with Gasteiger partial charge in [-0.25, -0.2) is 0 Å². The van der Waals surface area contributed by atoms with E-state index < -0.39 is 0 Å². The van der Waals surface area contributed by atoms with Crippen molar-refractivity contribution < 1.29 is 8.83 Å². The number of hydrogen-bond donors (Lipinski definition) is 1. The third-order valence-electron chi connectivity index (χ3n) is 29.1. The number of nitrogens with zero attached hydrogens (tertiary/aromatic N) is 3. The summed E-state index contributed by atoms with van der Waals surface area (Å²) >= 11 is 13.9. The Morgan fingerprint density at radius 1 is 0.405 bits per heavy atom. The van der Waals surface area contributed by atoms with Crippen LogP contribution in [-0.2, 0) is 43.3 Å². The molecule has 4 unspecified atom stereocenters. The predicted molar refractivity (Wildman–Crippen MR) is 506 cm³/mol. The van der Waals surface area contributed by atoms with Gasteiger partial charge in [-0.2, -0.15) is 0 Å². The standard InChI is InChI=1S/C53H58N2OS.C25H32ClN.C16H19BrS.C12H9NO/c1-33-26-35(29-36(27-33)55-43-21-20-34(49(2,3)4)28-42(43)52(9)22-13-14-23-53(52,55)10)54(44-18-15-17-38-37-16-11-12-19-46(37)56-48(38)44)45-32-57-47-31-41-40(30-39(45)47)50(5,6)24-25-51(41,7)8;1-17-13-19(26)16-20(14-17)27-22-10-9-18(23(2,3)4)15-21(22)24(5)11-7-8-12-25(24,27)6;1-15(2)5-6-16(3,4)12-8-14-10(7-11(12)15)13(17)9-18-14;13-10-6-3-5-9-8-4-1-2-7-11(8)14-12(9)10/h11-12,15-21,26-32H,13-14,22-25H2,1-10H3;9-10,13-16H,7-8,11-12H2,1-6H3;7-9H,5-6H2,1-4H3;1-7H,13H2. The van der Waals surface area contributed by atoms with Gasteiger partial charge in [-0.15, -0.1) is 22.7 Å². The quantitative estimate of drug-likeness (QED) is 0.173. The first-order chi connectivity index (χ1) is 54.7. The maximum atomic E-state index is 6.84. The lowest BCUT2D eigenvalue weighted by Crippen LogP contribution is -2.54. The summed E-state index contributed by atoms with van der Waals surface area (Å²) in [7, 11) is 0. The summed E-state index contributed by atoms with van der Waals surface area (Å²) < 4.78 is 16.5. The minimum atomic E-state index is -0.0503. The number of para-hydroxylation sites is 4. The molecular formula is C106H118BrClN4O2S2. The highest BCUT2D eigenvalue weighted by Crippen LogP contribution is 2.64. The van der Waals surface area contributed by atoms with Gasteiger partial charge in [-0.1, -0.05) is 233 Å². The van der Waals surface area contributed by atoms with E-state index in [9.17, 15) is 0 Å². The van der Waals surface area contributed by atoms with Crippen LogP contribution in [0.1, 0.15) is 257 Å². The van der Waals surface area contributed by atoms with Crippen molar-refractivity contribution in [2.45, 2.75) is 270 Å². The third kappa shape index (κ3) is 13.2. The van der Waals surface area contributed by atoms with Gasteiger partial charge in [0.2, 0.25) is 0 Å². The second-order valence-corrected chi connectivity index (χ2v) is 43.8. The van der Waals surface area contributed by atoms with Crippen molar-refractivity contribution in [1.82, 2.24) is 0 Å². The summed E-state index contributed by atoms with van der Waals surface area (Å²) in [6, 6.07) is 67.3. The molecule has 6 heterocycles. The molecular weight excluding hydrogens is 1540 g/mol. The number of nitrogens with two attached hydrogens (primary N) is 1. The SMILES string of the molecule is CC1(C)CCC(C)(C)c2cc3c(Br)csc3cc21.Cc1cc(Cl)cc(N2c3ccc(C(C)(C)C)cc3C3(C)CCCCC23C)c1.Cc1cc(N(c2csc3cc4c(cc23)C(C)(C)CCC4(C)C)c2cccc3c2oc2ccccc23)cc(N2c3ccc(C(C)(C)C)cc3C3(C)CCCCC23C)c1.Nc1cccc2c1oc1ccccc12. The molecule has 2 aliphatic heterocycles. The van der Waals surface area contributed by atoms with E-state index in [1.165, 1.54) is 175 Å². The van der Waals surface area contributed by atoms with E-state index in [-0.39, 0.29) is 43.6 Å².